The quantitative estimate of drug-likeness (QED) is 0.760. The number of hydrogen-bond acceptors (Lipinski definition) is 3. The lowest BCUT2D eigenvalue weighted by atomic mass is 10.3. The van der Waals surface area contributed by atoms with Crippen molar-refractivity contribution in [3.8, 4) is 5.75 Å². The number of aromatic nitrogens is 2. The van der Waals surface area contributed by atoms with Gasteiger partial charge < -0.3 is 15.0 Å². The average molecular weight is 316 g/mol. The molecule has 1 amide bonds. The monoisotopic (exact) mass is 315 g/mol. The number of imidazole rings is 1. The SMILES string of the molecule is O=C(COc1ccc(Cl)cc1)NCc1nc2ccccc2[nH]1. The van der Waals surface area contributed by atoms with Gasteiger partial charge in [0.15, 0.2) is 6.61 Å². The highest BCUT2D eigenvalue weighted by Gasteiger charge is 2.06. The number of carbonyl (C=O) groups is 1. The van der Waals surface area contributed by atoms with Crippen LogP contribution in [0, 0.1) is 0 Å². The van der Waals surface area contributed by atoms with Gasteiger partial charge in [-0.1, -0.05) is 23.7 Å². The van der Waals surface area contributed by atoms with Crippen LogP contribution in [0.1, 0.15) is 5.82 Å². The fraction of sp³-hybridized carbons (Fsp3) is 0.125. The summed E-state index contributed by atoms with van der Waals surface area (Å²) in [6.45, 7) is 0.277. The first-order chi connectivity index (χ1) is 10.7. The number of fused-ring (bicyclic) bond motifs is 1. The molecule has 0 radical (unpaired) electrons. The predicted molar refractivity (Wildman–Crippen MR) is 84.9 cm³/mol. The van der Waals surface area contributed by atoms with Crippen molar-refractivity contribution in [1.82, 2.24) is 15.3 Å². The van der Waals surface area contributed by atoms with Crippen molar-refractivity contribution >= 4 is 28.5 Å². The first kappa shape index (κ1) is 14.4. The standard InChI is InChI=1S/C16H14ClN3O2/c17-11-5-7-12(8-6-11)22-10-16(21)18-9-15-19-13-3-1-2-4-14(13)20-15/h1-8H,9-10H2,(H,18,21)(H,19,20). The predicted octanol–water partition coefficient (Wildman–Crippen LogP) is 2.91. The molecule has 6 heteroatoms. The van der Waals surface area contributed by atoms with Gasteiger partial charge in [0.05, 0.1) is 17.6 Å². The van der Waals surface area contributed by atoms with E-state index in [0.29, 0.717) is 23.1 Å². The van der Waals surface area contributed by atoms with Crippen molar-refractivity contribution in [1.29, 1.82) is 0 Å². The third kappa shape index (κ3) is 3.56. The van der Waals surface area contributed by atoms with E-state index in [1.54, 1.807) is 24.3 Å². The molecule has 2 aromatic carbocycles. The van der Waals surface area contributed by atoms with E-state index in [1.165, 1.54) is 0 Å². The van der Waals surface area contributed by atoms with E-state index >= 15 is 0 Å². The summed E-state index contributed by atoms with van der Waals surface area (Å²) < 4.78 is 5.37. The molecule has 2 N–H and O–H groups in total. The van der Waals surface area contributed by atoms with Gasteiger partial charge in [-0.05, 0) is 36.4 Å². The zero-order chi connectivity index (χ0) is 15.4. The number of nitrogens with one attached hydrogen (secondary N) is 2. The third-order valence-corrected chi connectivity index (χ3v) is 3.33. The minimum atomic E-state index is -0.213. The van der Waals surface area contributed by atoms with E-state index in [9.17, 15) is 4.79 Å². The number of halogens is 1. The van der Waals surface area contributed by atoms with Crippen LogP contribution in [0.15, 0.2) is 48.5 Å². The van der Waals surface area contributed by atoms with Crippen LogP contribution in [-0.4, -0.2) is 22.5 Å². The Morgan fingerprint density at radius 3 is 2.73 bits per heavy atom. The number of rotatable bonds is 5. The molecule has 0 aliphatic heterocycles. The van der Waals surface area contributed by atoms with E-state index < -0.39 is 0 Å². The lowest BCUT2D eigenvalue weighted by Gasteiger charge is -2.06. The molecule has 0 fully saturated rings. The molecule has 0 spiro atoms. The fourth-order valence-electron chi connectivity index (χ4n) is 2.00. The van der Waals surface area contributed by atoms with E-state index in [0.717, 1.165) is 11.0 Å². The molecule has 1 heterocycles. The number of carbonyl (C=O) groups excluding carboxylic acids is 1. The van der Waals surface area contributed by atoms with Gasteiger partial charge in [0.25, 0.3) is 5.91 Å². The highest BCUT2D eigenvalue weighted by atomic mass is 35.5. The number of nitrogens with zero attached hydrogens (tertiary/aromatic N) is 1. The van der Waals surface area contributed by atoms with Gasteiger partial charge in [-0.2, -0.15) is 0 Å². The molecular weight excluding hydrogens is 302 g/mol. The molecule has 0 aliphatic rings. The Hall–Kier alpha value is -2.53. The zero-order valence-electron chi connectivity index (χ0n) is 11.7. The van der Waals surface area contributed by atoms with Crippen LogP contribution in [0.4, 0.5) is 0 Å². The highest BCUT2D eigenvalue weighted by Crippen LogP contribution is 2.15. The van der Waals surface area contributed by atoms with Crippen LogP contribution in [0.25, 0.3) is 11.0 Å². The van der Waals surface area contributed by atoms with Crippen molar-refractivity contribution in [2.45, 2.75) is 6.54 Å². The topological polar surface area (TPSA) is 67.0 Å². The molecule has 0 saturated carbocycles. The van der Waals surface area contributed by atoms with Crippen LogP contribution < -0.4 is 10.1 Å². The lowest BCUT2D eigenvalue weighted by Crippen LogP contribution is -2.28. The number of amides is 1. The number of H-pyrrole nitrogens is 1. The maximum absolute atomic E-state index is 11.8. The van der Waals surface area contributed by atoms with Gasteiger partial charge in [0.2, 0.25) is 0 Å². The number of ether oxygens (including phenoxy) is 1. The molecule has 0 aliphatic carbocycles. The smallest absolute Gasteiger partial charge is 0.258 e. The molecule has 112 valence electrons. The average Bonchev–Trinajstić information content (AvgIpc) is 2.95. The Morgan fingerprint density at radius 1 is 1.18 bits per heavy atom. The van der Waals surface area contributed by atoms with Gasteiger partial charge in [0, 0.05) is 5.02 Å². The number of para-hydroxylation sites is 2. The van der Waals surface area contributed by atoms with Crippen LogP contribution in [0.3, 0.4) is 0 Å². The summed E-state index contributed by atoms with van der Waals surface area (Å²) >= 11 is 5.78. The van der Waals surface area contributed by atoms with Gasteiger partial charge in [-0.25, -0.2) is 4.98 Å². The van der Waals surface area contributed by atoms with Gasteiger partial charge in [-0.15, -0.1) is 0 Å². The number of aromatic amines is 1. The molecule has 0 atom stereocenters. The summed E-state index contributed by atoms with van der Waals surface area (Å²) in [6, 6.07) is 14.6. The molecule has 3 aromatic rings. The zero-order valence-corrected chi connectivity index (χ0v) is 12.4. The summed E-state index contributed by atoms with van der Waals surface area (Å²) in [7, 11) is 0. The molecule has 3 rings (SSSR count). The summed E-state index contributed by atoms with van der Waals surface area (Å²) in [5.41, 5.74) is 1.83. The van der Waals surface area contributed by atoms with Gasteiger partial charge in [0.1, 0.15) is 11.6 Å². The Morgan fingerprint density at radius 2 is 1.95 bits per heavy atom. The molecule has 5 nitrogen and oxygen atoms in total. The largest absolute Gasteiger partial charge is 0.484 e. The lowest BCUT2D eigenvalue weighted by molar-refractivity contribution is -0.123. The second-order valence-corrected chi connectivity index (χ2v) is 5.16. The first-order valence-electron chi connectivity index (χ1n) is 6.79. The third-order valence-electron chi connectivity index (χ3n) is 3.07. The van der Waals surface area contributed by atoms with Crippen LogP contribution in [-0.2, 0) is 11.3 Å². The van der Waals surface area contributed by atoms with E-state index in [4.69, 9.17) is 16.3 Å². The summed E-state index contributed by atoms with van der Waals surface area (Å²) in [5.74, 6) is 1.10. The van der Waals surface area contributed by atoms with Crippen molar-refractivity contribution in [3.63, 3.8) is 0 Å². The Bertz CT molecular complexity index is 750. The molecule has 0 unspecified atom stereocenters. The highest BCUT2D eigenvalue weighted by molar-refractivity contribution is 6.30. The van der Waals surface area contributed by atoms with Gasteiger partial charge >= 0.3 is 0 Å². The van der Waals surface area contributed by atoms with E-state index in [-0.39, 0.29) is 12.5 Å². The number of hydrogen-bond donors (Lipinski definition) is 2. The van der Waals surface area contributed by atoms with Crippen LogP contribution >= 0.6 is 11.6 Å². The normalized spacial score (nSPS) is 10.6. The summed E-state index contributed by atoms with van der Waals surface area (Å²) in [6.07, 6.45) is 0. The molecule has 1 aromatic heterocycles. The van der Waals surface area contributed by atoms with Crippen LogP contribution in [0.2, 0.25) is 5.02 Å². The second kappa shape index (κ2) is 6.49. The minimum Gasteiger partial charge on any atom is -0.484 e. The van der Waals surface area contributed by atoms with Crippen molar-refractivity contribution in [3.05, 3.63) is 59.4 Å². The Kier molecular flexibility index (Phi) is 4.25. The summed E-state index contributed by atoms with van der Waals surface area (Å²) in [4.78, 5) is 19.3. The molecule has 0 saturated heterocycles. The Balaban J connectivity index is 1.50. The minimum absolute atomic E-state index is 0.0537. The fourth-order valence-corrected chi connectivity index (χ4v) is 2.13. The van der Waals surface area contributed by atoms with Gasteiger partial charge in [-0.3, -0.25) is 4.79 Å². The van der Waals surface area contributed by atoms with E-state index in [2.05, 4.69) is 15.3 Å². The second-order valence-electron chi connectivity index (χ2n) is 4.72. The molecule has 0 bridgehead atoms. The maximum Gasteiger partial charge on any atom is 0.258 e. The number of benzene rings is 2. The Labute approximate surface area is 132 Å². The summed E-state index contributed by atoms with van der Waals surface area (Å²) in [5, 5.41) is 3.38. The maximum atomic E-state index is 11.8. The first-order valence-corrected chi connectivity index (χ1v) is 7.17. The van der Waals surface area contributed by atoms with E-state index in [1.807, 2.05) is 24.3 Å². The van der Waals surface area contributed by atoms with Crippen molar-refractivity contribution < 1.29 is 9.53 Å². The molecule has 22 heavy (non-hydrogen) atoms. The van der Waals surface area contributed by atoms with Crippen molar-refractivity contribution in [2.75, 3.05) is 6.61 Å². The van der Waals surface area contributed by atoms with Crippen molar-refractivity contribution in [2.24, 2.45) is 0 Å². The molecular formula is C16H14ClN3O2. The van der Waals surface area contributed by atoms with Crippen LogP contribution in [0.5, 0.6) is 5.75 Å².